The monoisotopic (exact) mass is 272 g/mol. The van der Waals surface area contributed by atoms with Crippen molar-refractivity contribution in [3.05, 3.63) is 29.6 Å². The van der Waals surface area contributed by atoms with Gasteiger partial charge >= 0.3 is 0 Å². The summed E-state index contributed by atoms with van der Waals surface area (Å²) in [5, 5.41) is 9.32. The Bertz CT molecular complexity index is 368. The van der Waals surface area contributed by atoms with Gasteiger partial charge in [0.25, 0.3) is 0 Å². The summed E-state index contributed by atoms with van der Waals surface area (Å²) in [5.41, 5.74) is 0.535. The maximum Gasteiger partial charge on any atom is 0.165 e. The molecule has 1 aromatic rings. The van der Waals surface area contributed by atoms with E-state index in [4.69, 9.17) is 14.2 Å². The molecule has 0 saturated heterocycles. The van der Waals surface area contributed by atoms with E-state index in [1.165, 1.54) is 12.1 Å². The van der Waals surface area contributed by atoms with Gasteiger partial charge in [0.05, 0.1) is 25.9 Å². The summed E-state index contributed by atoms with van der Waals surface area (Å²) in [6.45, 7) is 3.64. The average molecular weight is 272 g/mol. The van der Waals surface area contributed by atoms with Crippen LogP contribution in [0.15, 0.2) is 18.2 Å². The number of benzene rings is 1. The van der Waals surface area contributed by atoms with Crippen LogP contribution in [0.1, 0.15) is 25.0 Å². The van der Waals surface area contributed by atoms with Crippen LogP contribution < -0.4 is 4.74 Å². The van der Waals surface area contributed by atoms with Crippen LogP contribution in [0.25, 0.3) is 0 Å². The zero-order chi connectivity index (χ0) is 14.1. The summed E-state index contributed by atoms with van der Waals surface area (Å²) >= 11 is 0. The summed E-state index contributed by atoms with van der Waals surface area (Å²) in [6.07, 6.45) is -0.000800. The van der Waals surface area contributed by atoms with Gasteiger partial charge in [-0.25, -0.2) is 4.39 Å². The average Bonchev–Trinajstić information content (AvgIpc) is 2.39. The first-order chi connectivity index (χ1) is 9.15. The van der Waals surface area contributed by atoms with Crippen molar-refractivity contribution < 1.29 is 23.7 Å². The number of aliphatic hydroxyl groups excluding tert-OH is 1. The smallest absolute Gasteiger partial charge is 0.165 e. The highest BCUT2D eigenvalue weighted by molar-refractivity contribution is 5.30. The van der Waals surface area contributed by atoms with E-state index in [0.29, 0.717) is 38.4 Å². The van der Waals surface area contributed by atoms with Crippen LogP contribution in [0.2, 0.25) is 0 Å². The van der Waals surface area contributed by atoms with Gasteiger partial charge < -0.3 is 19.3 Å². The molecule has 0 radical (unpaired) electrons. The van der Waals surface area contributed by atoms with E-state index >= 15 is 0 Å². The fourth-order valence-electron chi connectivity index (χ4n) is 1.48. The van der Waals surface area contributed by atoms with Gasteiger partial charge in [0.1, 0.15) is 0 Å². The number of hydrogen-bond acceptors (Lipinski definition) is 4. The Morgan fingerprint density at radius 3 is 2.63 bits per heavy atom. The van der Waals surface area contributed by atoms with Crippen LogP contribution in [-0.4, -0.2) is 38.6 Å². The Morgan fingerprint density at radius 1 is 1.21 bits per heavy atom. The van der Waals surface area contributed by atoms with E-state index < -0.39 is 11.9 Å². The number of aliphatic hydroxyl groups is 1. The van der Waals surface area contributed by atoms with Crippen molar-refractivity contribution in [2.75, 3.05) is 33.5 Å². The van der Waals surface area contributed by atoms with Gasteiger partial charge in [0.15, 0.2) is 11.6 Å². The molecule has 0 spiro atoms. The first-order valence-electron chi connectivity index (χ1n) is 6.32. The topological polar surface area (TPSA) is 47.9 Å². The van der Waals surface area contributed by atoms with Crippen LogP contribution in [0, 0.1) is 5.82 Å². The molecule has 0 aliphatic heterocycles. The lowest BCUT2D eigenvalue weighted by molar-refractivity contribution is 0.0642. The molecule has 5 heteroatoms. The third kappa shape index (κ3) is 6.00. The van der Waals surface area contributed by atoms with Gasteiger partial charge in [-0.2, -0.15) is 0 Å². The van der Waals surface area contributed by atoms with Crippen LogP contribution >= 0.6 is 0 Å². The van der Waals surface area contributed by atoms with Crippen LogP contribution in [0.3, 0.4) is 0 Å². The molecular formula is C14H21FO4. The van der Waals surface area contributed by atoms with Gasteiger partial charge in [-0.15, -0.1) is 0 Å². The van der Waals surface area contributed by atoms with Crippen molar-refractivity contribution in [2.45, 2.75) is 19.4 Å². The molecule has 0 aliphatic carbocycles. The number of hydrogen-bond donors (Lipinski definition) is 1. The second-order valence-electron chi connectivity index (χ2n) is 4.17. The van der Waals surface area contributed by atoms with E-state index in [1.807, 2.05) is 0 Å². The first-order valence-corrected chi connectivity index (χ1v) is 6.32. The van der Waals surface area contributed by atoms with Gasteiger partial charge in [0, 0.05) is 20.1 Å². The molecule has 1 atom stereocenters. The van der Waals surface area contributed by atoms with Crippen LogP contribution in [0.5, 0.6) is 5.75 Å². The fraction of sp³-hybridized carbons (Fsp3) is 0.571. The summed E-state index contributed by atoms with van der Waals surface area (Å²) in [7, 11) is 1.62. The third-order valence-electron chi connectivity index (χ3n) is 2.56. The molecule has 0 aliphatic rings. The fourth-order valence-corrected chi connectivity index (χ4v) is 1.48. The zero-order valence-electron chi connectivity index (χ0n) is 11.4. The first kappa shape index (κ1) is 15.9. The Hall–Kier alpha value is -1.17. The van der Waals surface area contributed by atoms with Crippen molar-refractivity contribution in [3.8, 4) is 5.75 Å². The highest BCUT2D eigenvalue weighted by Crippen LogP contribution is 2.21. The molecule has 4 nitrogen and oxygen atoms in total. The molecule has 108 valence electrons. The maximum atomic E-state index is 13.6. The number of ether oxygens (including phenoxy) is 3. The van der Waals surface area contributed by atoms with Crippen molar-refractivity contribution in [1.82, 2.24) is 0 Å². The van der Waals surface area contributed by atoms with E-state index in [0.717, 1.165) is 0 Å². The summed E-state index contributed by atoms with van der Waals surface area (Å²) < 4.78 is 29.0. The molecule has 0 bridgehead atoms. The molecule has 1 aromatic carbocycles. The molecule has 19 heavy (non-hydrogen) atoms. The second-order valence-corrected chi connectivity index (χ2v) is 4.17. The number of rotatable bonds is 9. The Balaban J connectivity index is 2.26. The van der Waals surface area contributed by atoms with E-state index in [2.05, 4.69) is 0 Å². The van der Waals surface area contributed by atoms with Crippen molar-refractivity contribution in [1.29, 1.82) is 0 Å². The predicted molar refractivity (Wildman–Crippen MR) is 69.8 cm³/mol. The third-order valence-corrected chi connectivity index (χ3v) is 2.56. The van der Waals surface area contributed by atoms with Gasteiger partial charge in [-0.3, -0.25) is 0 Å². The van der Waals surface area contributed by atoms with Gasteiger partial charge in [-0.1, -0.05) is 6.07 Å². The largest absolute Gasteiger partial charge is 0.490 e. The predicted octanol–water partition coefficient (Wildman–Crippen LogP) is 2.31. The maximum absolute atomic E-state index is 13.6. The molecule has 0 saturated carbocycles. The van der Waals surface area contributed by atoms with Crippen molar-refractivity contribution in [2.24, 2.45) is 0 Å². The quantitative estimate of drug-likeness (QED) is 0.701. The van der Waals surface area contributed by atoms with Crippen LogP contribution in [0.4, 0.5) is 4.39 Å². The number of methoxy groups -OCH3 is 1. The summed E-state index contributed by atoms with van der Waals surface area (Å²) in [6, 6.07) is 4.47. The number of halogens is 1. The highest BCUT2D eigenvalue weighted by atomic mass is 19.1. The van der Waals surface area contributed by atoms with Crippen molar-refractivity contribution in [3.63, 3.8) is 0 Å². The highest BCUT2D eigenvalue weighted by Gasteiger charge is 2.07. The van der Waals surface area contributed by atoms with E-state index in [9.17, 15) is 9.50 Å². The second kappa shape index (κ2) is 8.85. The Kier molecular flexibility index (Phi) is 7.40. The minimum Gasteiger partial charge on any atom is -0.490 e. The van der Waals surface area contributed by atoms with Gasteiger partial charge in [0.2, 0.25) is 0 Å². The molecule has 1 N–H and O–H groups in total. The van der Waals surface area contributed by atoms with E-state index in [1.54, 1.807) is 20.1 Å². The normalized spacial score (nSPS) is 12.4. The molecule has 1 rings (SSSR count). The molecule has 0 aromatic heterocycles. The molecule has 1 unspecified atom stereocenters. The van der Waals surface area contributed by atoms with E-state index in [-0.39, 0.29) is 5.75 Å². The van der Waals surface area contributed by atoms with Crippen molar-refractivity contribution >= 4 is 0 Å². The molecular weight excluding hydrogens is 251 g/mol. The Labute approximate surface area is 113 Å². The SMILES string of the molecule is COCCOCCCOc1ccc(C(C)O)cc1F. The lowest BCUT2D eigenvalue weighted by atomic mass is 10.1. The summed E-state index contributed by atoms with van der Waals surface area (Å²) in [4.78, 5) is 0. The Morgan fingerprint density at radius 2 is 2.00 bits per heavy atom. The van der Waals surface area contributed by atoms with Gasteiger partial charge in [-0.05, 0) is 24.6 Å². The minimum absolute atomic E-state index is 0.196. The summed E-state index contributed by atoms with van der Waals surface area (Å²) in [5.74, 6) is -0.264. The minimum atomic E-state index is -0.683. The van der Waals surface area contributed by atoms with Crippen LogP contribution in [-0.2, 0) is 9.47 Å². The standard InChI is InChI=1S/C14H21FO4/c1-11(16)12-4-5-14(13(15)10-12)19-7-3-6-18-9-8-17-2/h4-5,10-11,16H,3,6-9H2,1-2H3. The lowest BCUT2D eigenvalue weighted by Gasteiger charge is -2.10. The molecule has 0 fully saturated rings. The molecule has 0 amide bonds. The zero-order valence-corrected chi connectivity index (χ0v) is 11.4. The lowest BCUT2D eigenvalue weighted by Crippen LogP contribution is -2.07. The molecule has 0 heterocycles.